The van der Waals surface area contributed by atoms with Gasteiger partial charge in [0.1, 0.15) is 5.75 Å². The summed E-state index contributed by atoms with van der Waals surface area (Å²) in [5, 5.41) is 0. The number of benzene rings is 2. The van der Waals surface area contributed by atoms with Crippen LogP contribution >= 0.6 is 0 Å². The lowest BCUT2D eigenvalue weighted by Crippen LogP contribution is -2.35. The number of amides is 1. The van der Waals surface area contributed by atoms with Gasteiger partial charge in [-0.2, -0.15) is 0 Å². The van der Waals surface area contributed by atoms with Gasteiger partial charge >= 0.3 is 0 Å². The molecule has 0 bridgehead atoms. The molecule has 1 aliphatic rings. The molecule has 4 nitrogen and oxygen atoms in total. The number of ether oxygens (including phenoxy) is 1. The van der Waals surface area contributed by atoms with Crippen LogP contribution in [0.1, 0.15) is 15.9 Å². The van der Waals surface area contributed by atoms with Crippen LogP contribution in [0.3, 0.4) is 0 Å². The van der Waals surface area contributed by atoms with Crippen molar-refractivity contribution in [2.75, 3.05) is 18.6 Å². The third-order valence-electron chi connectivity index (χ3n) is 3.56. The predicted octanol–water partition coefficient (Wildman–Crippen LogP) is 2.94. The van der Waals surface area contributed by atoms with Crippen molar-refractivity contribution in [1.82, 2.24) is 0 Å². The van der Waals surface area contributed by atoms with Gasteiger partial charge in [0.2, 0.25) is 0 Å². The second kappa shape index (κ2) is 5.85. The fourth-order valence-corrected chi connectivity index (χ4v) is 2.26. The van der Waals surface area contributed by atoms with Gasteiger partial charge in [-0.1, -0.05) is 36.4 Å². The van der Waals surface area contributed by atoms with E-state index in [-0.39, 0.29) is 18.3 Å². The minimum atomic E-state index is -0.102. The third-order valence-corrected chi connectivity index (χ3v) is 3.56. The summed E-state index contributed by atoms with van der Waals surface area (Å²) in [7, 11) is 1.69. The Morgan fingerprint density at radius 3 is 2.73 bits per heavy atom. The zero-order chi connectivity index (χ0) is 15.5. The predicted molar refractivity (Wildman–Crippen MR) is 85.2 cm³/mol. The number of fused-ring (bicyclic) bond motifs is 1. The molecule has 0 saturated carbocycles. The Labute approximate surface area is 128 Å². The fourth-order valence-electron chi connectivity index (χ4n) is 2.26. The molecule has 4 heteroatoms. The smallest absolute Gasteiger partial charge is 0.264 e. The number of hydrogen-bond acceptors (Lipinski definition) is 3. The summed E-state index contributed by atoms with van der Waals surface area (Å²) in [6.45, 7) is 0.000991. The van der Waals surface area contributed by atoms with Crippen molar-refractivity contribution < 1.29 is 14.3 Å². The average Bonchev–Trinajstić information content (AvgIpc) is 2.56. The quantitative estimate of drug-likeness (QED) is 0.645. The van der Waals surface area contributed by atoms with Gasteiger partial charge in [-0.3, -0.25) is 9.59 Å². The summed E-state index contributed by atoms with van der Waals surface area (Å²) in [5.41, 5.74) is 2.18. The Hall–Kier alpha value is -2.88. The zero-order valence-electron chi connectivity index (χ0n) is 12.2. The molecule has 1 amide bonds. The molecule has 22 heavy (non-hydrogen) atoms. The molecule has 0 aliphatic carbocycles. The van der Waals surface area contributed by atoms with Crippen molar-refractivity contribution in [2.45, 2.75) is 0 Å². The van der Waals surface area contributed by atoms with E-state index in [1.807, 2.05) is 30.3 Å². The molecule has 3 rings (SSSR count). The minimum Gasteiger partial charge on any atom is -0.482 e. The second-order valence-electron chi connectivity index (χ2n) is 5.03. The summed E-state index contributed by atoms with van der Waals surface area (Å²) < 4.78 is 5.39. The molecule has 0 unspecified atom stereocenters. The van der Waals surface area contributed by atoms with E-state index in [0.717, 1.165) is 5.56 Å². The van der Waals surface area contributed by atoms with E-state index in [1.54, 1.807) is 31.3 Å². The molecule has 1 aliphatic heterocycles. The maximum atomic E-state index is 12.2. The molecule has 0 N–H and O–H groups in total. The zero-order valence-corrected chi connectivity index (χ0v) is 12.2. The van der Waals surface area contributed by atoms with E-state index in [0.29, 0.717) is 17.0 Å². The number of hydrogen-bond donors (Lipinski definition) is 0. The van der Waals surface area contributed by atoms with Gasteiger partial charge in [-0.15, -0.1) is 0 Å². The van der Waals surface area contributed by atoms with Crippen LogP contribution in [-0.2, 0) is 4.79 Å². The number of allylic oxidation sites excluding steroid dienone is 1. The molecule has 2 aromatic carbocycles. The summed E-state index contributed by atoms with van der Waals surface area (Å²) in [4.78, 5) is 25.3. The van der Waals surface area contributed by atoms with E-state index < -0.39 is 0 Å². The van der Waals surface area contributed by atoms with E-state index in [2.05, 4.69) is 0 Å². The topological polar surface area (TPSA) is 46.6 Å². The number of carbonyl (C=O) groups is 2. The lowest BCUT2D eigenvalue weighted by molar-refractivity contribution is -0.120. The van der Waals surface area contributed by atoms with Gasteiger partial charge in [0.05, 0.1) is 5.69 Å². The van der Waals surface area contributed by atoms with Gasteiger partial charge in [-0.05, 0) is 29.8 Å². The van der Waals surface area contributed by atoms with Crippen molar-refractivity contribution in [2.24, 2.45) is 0 Å². The molecule has 0 saturated heterocycles. The number of nitrogens with zero attached hydrogens (tertiary/aromatic N) is 1. The van der Waals surface area contributed by atoms with Crippen LogP contribution in [0.2, 0.25) is 0 Å². The number of anilines is 1. The molecule has 1 heterocycles. The second-order valence-corrected chi connectivity index (χ2v) is 5.03. The van der Waals surface area contributed by atoms with Crippen LogP contribution in [0.25, 0.3) is 6.08 Å². The van der Waals surface area contributed by atoms with Gasteiger partial charge in [0.25, 0.3) is 5.91 Å². The fraction of sp³-hybridized carbons (Fsp3) is 0.111. The number of ketones is 1. The first-order valence-electron chi connectivity index (χ1n) is 6.96. The van der Waals surface area contributed by atoms with Crippen molar-refractivity contribution in [3.63, 3.8) is 0 Å². The van der Waals surface area contributed by atoms with E-state index in [1.165, 1.54) is 11.0 Å². The number of likely N-dealkylation sites (N-methyl/N-ethyl adjacent to an activating group) is 1. The highest BCUT2D eigenvalue weighted by Crippen LogP contribution is 2.32. The van der Waals surface area contributed by atoms with Crippen molar-refractivity contribution in [3.05, 3.63) is 65.7 Å². The maximum Gasteiger partial charge on any atom is 0.264 e. The van der Waals surface area contributed by atoms with Crippen LogP contribution in [0.4, 0.5) is 5.69 Å². The summed E-state index contributed by atoms with van der Waals surface area (Å²) in [6, 6.07) is 14.7. The first kappa shape index (κ1) is 14.1. The van der Waals surface area contributed by atoms with Gasteiger partial charge in [0.15, 0.2) is 12.4 Å². The van der Waals surface area contributed by atoms with Crippen molar-refractivity contribution in [1.29, 1.82) is 0 Å². The first-order valence-corrected chi connectivity index (χ1v) is 6.96. The van der Waals surface area contributed by atoms with Crippen LogP contribution < -0.4 is 9.64 Å². The number of rotatable bonds is 3. The molecule has 0 aromatic heterocycles. The molecule has 0 spiro atoms. The Morgan fingerprint density at radius 2 is 1.95 bits per heavy atom. The van der Waals surface area contributed by atoms with Gasteiger partial charge in [-0.25, -0.2) is 0 Å². The molecular formula is C18H15NO3. The van der Waals surface area contributed by atoms with E-state index in [4.69, 9.17) is 4.74 Å². The van der Waals surface area contributed by atoms with E-state index in [9.17, 15) is 9.59 Å². The Balaban J connectivity index is 1.82. The maximum absolute atomic E-state index is 12.2. The monoisotopic (exact) mass is 293 g/mol. The SMILES string of the molecule is CN1C(=O)COc2cc(C(=O)C=Cc3ccccc3)ccc21. The molecular weight excluding hydrogens is 278 g/mol. The Kier molecular flexibility index (Phi) is 3.74. The normalized spacial score (nSPS) is 13.9. The van der Waals surface area contributed by atoms with Crippen LogP contribution in [0.15, 0.2) is 54.6 Å². The summed E-state index contributed by atoms with van der Waals surface area (Å²) >= 11 is 0. The van der Waals surface area contributed by atoms with E-state index >= 15 is 0 Å². The van der Waals surface area contributed by atoms with Crippen LogP contribution in [-0.4, -0.2) is 25.3 Å². The molecule has 110 valence electrons. The highest BCUT2D eigenvalue weighted by Gasteiger charge is 2.22. The van der Waals surface area contributed by atoms with Crippen molar-refractivity contribution >= 4 is 23.5 Å². The standard InChI is InChI=1S/C18H15NO3/c1-19-15-9-8-14(11-17(15)22-12-18(19)21)16(20)10-7-13-5-3-2-4-6-13/h2-11H,12H2,1H3. The van der Waals surface area contributed by atoms with Gasteiger partial charge < -0.3 is 9.64 Å². The Morgan fingerprint density at radius 1 is 1.18 bits per heavy atom. The molecule has 2 aromatic rings. The lowest BCUT2D eigenvalue weighted by Gasteiger charge is -2.26. The summed E-state index contributed by atoms with van der Waals surface area (Å²) in [5.74, 6) is 0.353. The highest BCUT2D eigenvalue weighted by molar-refractivity contribution is 6.08. The average molecular weight is 293 g/mol. The number of carbonyl (C=O) groups excluding carboxylic acids is 2. The van der Waals surface area contributed by atoms with Crippen LogP contribution in [0.5, 0.6) is 5.75 Å². The minimum absolute atomic E-state index is 0.000991. The van der Waals surface area contributed by atoms with Crippen LogP contribution in [0, 0.1) is 0 Å². The third kappa shape index (κ3) is 2.76. The molecule has 0 radical (unpaired) electrons. The molecule has 0 atom stereocenters. The largest absolute Gasteiger partial charge is 0.482 e. The first-order chi connectivity index (χ1) is 10.6. The van der Waals surface area contributed by atoms with Crippen molar-refractivity contribution in [3.8, 4) is 5.75 Å². The summed E-state index contributed by atoms with van der Waals surface area (Å²) in [6.07, 6.45) is 3.31. The Bertz CT molecular complexity index is 750. The molecule has 0 fully saturated rings. The lowest BCUT2D eigenvalue weighted by atomic mass is 10.1. The highest BCUT2D eigenvalue weighted by atomic mass is 16.5. The van der Waals surface area contributed by atoms with Gasteiger partial charge in [0, 0.05) is 12.6 Å².